The molecular weight excluding hydrogens is 727 g/mol. The summed E-state index contributed by atoms with van der Waals surface area (Å²) in [6, 6.07) is 53.7. The molecule has 0 bridgehead atoms. The van der Waals surface area contributed by atoms with Crippen LogP contribution in [-0.2, 0) is 21.7 Å². The highest BCUT2D eigenvalue weighted by atomic mass is 32.1. The van der Waals surface area contributed by atoms with Crippen LogP contribution < -0.4 is 9.47 Å². The van der Waals surface area contributed by atoms with E-state index in [9.17, 15) is 5.11 Å². The third-order valence-corrected chi connectivity index (χ3v) is 12.0. The molecule has 1 fully saturated rings. The highest BCUT2D eigenvalue weighted by molar-refractivity contribution is 7.22. The zero-order valence-corrected chi connectivity index (χ0v) is 33.2. The first-order valence-corrected chi connectivity index (χ1v) is 20.7. The van der Waals surface area contributed by atoms with Gasteiger partial charge in [-0.05, 0) is 78.8 Å². The van der Waals surface area contributed by atoms with Crippen molar-refractivity contribution in [1.29, 1.82) is 0 Å². The number of fused-ring (bicyclic) bond motifs is 1. The highest BCUT2D eigenvalue weighted by Crippen LogP contribution is 2.47. The van der Waals surface area contributed by atoms with Crippen LogP contribution in [0.2, 0.25) is 0 Å². The van der Waals surface area contributed by atoms with E-state index in [1.807, 2.05) is 48.5 Å². The summed E-state index contributed by atoms with van der Waals surface area (Å²) in [5, 5.41) is 13.2. The van der Waals surface area contributed by atoms with Gasteiger partial charge in [0.05, 0.1) is 19.8 Å². The summed E-state index contributed by atoms with van der Waals surface area (Å²) in [5.74, 6) is 1.52. The standard InChI is InChI=1S/C50H49NO5S/c1-53-33-34-54-36-39-35-38(25-28-45(39)56-50(40-15-5-2-6-16-40,41-17-7-3-8-18-41)42-19-9-4-10-20-42)49-47(44-21-11-12-22-46(44)57-49)48(52)37-23-26-43(27-24-37)55-32-31-51-29-13-14-30-51/h2-12,15-28,35,48,52H,13-14,29-34,36H2,1H3. The molecule has 0 aliphatic carbocycles. The highest BCUT2D eigenvalue weighted by Gasteiger charge is 2.39. The first-order valence-electron chi connectivity index (χ1n) is 19.8. The van der Waals surface area contributed by atoms with Crippen LogP contribution in [0.15, 0.2) is 158 Å². The van der Waals surface area contributed by atoms with Gasteiger partial charge < -0.3 is 24.1 Å². The van der Waals surface area contributed by atoms with Gasteiger partial charge in [-0.25, -0.2) is 0 Å². The number of hydrogen-bond donors (Lipinski definition) is 1. The van der Waals surface area contributed by atoms with Gasteiger partial charge in [0.2, 0.25) is 0 Å². The lowest BCUT2D eigenvalue weighted by Crippen LogP contribution is -2.36. The number of likely N-dealkylation sites (tertiary alicyclic amines) is 1. The molecule has 1 atom stereocenters. The molecule has 8 rings (SSSR count). The van der Waals surface area contributed by atoms with Crippen LogP contribution in [0.3, 0.4) is 0 Å². The van der Waals surface area contributed by atoms with Gasteiger partial charge in [-0.3, -0.25) is 4.90 Å². The van der Waals surface area contributed by atoms with Crippen LogP contribution in [0.4, 0.5) is 0 Å². The number of thiophene rings is 1. The SMILES string of the molecule is COCCOCc1cc(-c2sc3ccccc3c2C(O)c2ccc(OCCN3CCCC3)cc2)ccc1OC(c1ccccc1)(c1ccccc1)c1ccccc1. The number of ether oxygens (including phenoxy) is 4. The fourth-order valence-electron chi connectivity index (χ4n) is 7.88. The largest absolute Gasteiger partial charge is 0.492 e. The summed E-state index contributed by atoms with van der Waals surface area (Å²) >= 11 is 1.69. The summed E-state index contributed by atoms with van der Waals surface area (Å²) in [6.45, 7) is 5.12. The van der Waals surface area contributed by atoms with E-state index in [1.165, 1.54) is 12.8 Å². The van der Waals surface area contributed by atoms with Crippen molar-refractivity contribution in [1.82, 2.24) is 4.90 Å². The summed E-state index contributed by atoms with van der Waals surface area (Å²) in [6.07, 6.45) is 1.68. The maximum atomic E-state index is 12.2. The quantitative estimate of drug-likeness (QED) is 0.0734. The van der Waals surface area contributed by atoms with Crippen LogP contribution in [0.5, 0.6) is 11.5 Å². The van der Waals surface area contributed by atoms with Crippen LogP contribution in [-0.4, -0.2) is 56.6 Å². The van der Waals surface area contributed by atoms with E-state index in [0.29, 0.717) is 32.2 Å². The molecular formula is C50H49NO5S. The summed E-state index contributed by atoms with van der Waals surface area (Å²) < 4.78 is 26.2. The van der Waals surface area contributed by atoms with Crippen molar-refractivity contribution in [3.63, 3.8) is 0 Å². The number of benzene rings is 6. The number of hydrogen-bond acceptors (Lipinski definition) is 7. The third kappa shape index (κ3) is 8.54. The van der Waals surface area contributed by atoms with Gasteiger partial charge in [-0.15, -0.1) is 11.3 Å². The van der Waals surface area contributed by atoms with E-state index in [2.05, 4.69) is 114 Å². The lowest BCUT2D eigenvalue weighted by atomic mass is 9.80. The van der Waals surface area contributed by atoms with Crippen LogP contribution in [0.1, 0.15) is 52.3 Å². The molecule has 2 heterocycles. The molecule has 1 saturated heterocycles. The van der Waals surface area contributed by atoms with Crippen molar-refractivity contribution < 1.29 is 24.1 Å². The number of nitrogens with zero attached hydrogens (tertiary/aromatic N) is 1. The van der Waals surface area contributed by atoms with Gasteiger partial charge in [-0.1, -0.05) is 121 Å². The van der Waals surface area contributed by atoms with E-state index in [-0.39, 0.29) is 0 Å². The topological polar surface area (TPSA) is 60.4 Å². The smallest absolute Gasteiger partial charge is 0.184 e. The second-order valence-electron chi connectivity index (χ2n) is 14.5. The fourth-order valence-corrected chi connectivity index (χ4v) is 9.11. The van der Waals surface area contributed by atoms with Crippen LogP contribution >= 0.6 is 11.3 Å². The van der Waals surface area contributed by atoms with Gasteiger partial charge in [0.15, 0.2) is 5.60 Å². The molecule has 1 aliphatic heterocycles. The van der Waals surface area contributed by atoms with Crippen molar-refractivity contribution in [3.05, 3.63) is 191 Å². The Bertz CT molecular complexity index is 2230. The summed E-state index contributed by atoms with van der Waals surface area (Å²) in [4.78, 5) is 3.45. The molecule has 1 unspecified atom stereocenters. The van der Waals surface area contributed by atoms with Gasteiger partial charge in [0.25, 0.3) is 0 Å². The Morgan fingerprint density at radius 1 is 0.684 bits per heavy atom. The normalized spacial score (nSPS) is 13.9. The average Bonchev–Trinajstić information content (AvgIpc) is 3.94. The van der Waals surface area contributed by atoms with Crippen molar-refractivity contribution in [2.45, 2.75) is 31.2 Å². The fraction of sp³-hybridized carbons (Fsp3) is 0.240. The van der Waals surface area contributed by atoms with Gasteiger partial charge >= 0.3 is 0 Å². The lowest BCUT2D eigenvalue weighted by Gasteiger charge is -2.37. The molecule has 6 nitrogen and oxygen atoms in total. The summed E-state index contributed by atoms with van der Waals surface area (Å²) in [7, 11) is 1.68. The maximum absolute atomic E-state index is 12.2. The zero-order valence-electron chi connectivity index (χ0n) is 32.4. The average molecular weight is 776 g/mol. The minimum atomic E-state index is -0.963. The van der Waals surface area contributed by atoms with Gasteiger partial charge in [0.1, 0.15) is 24.2 Å². The molecule has 7 heteroatoms. The third-order valence-electron chi connectivity index (χ3n) is 10.8. The number of aliphatic hydroxyl groups is 1. The molecule has 6 aromatic carbocycles. The Morgan fingerprint density at radius 3 is 1.93 bits per heavy atom. The lowest BCUT2D eigenvalue weighted by molar-refractivity contribution is 0.0588. The van der Waals surface area contributed by atoms with Crippen molar-refractivity contribution in [2.24, 2.45) is 0 Å². The Kier molecular flexibility index (Phi) is 12.4. The number of aliphatic hydroxyl groups excluding tert-OH is 1. The second kappa shape index (κ2) is 18.3. The molecule has 1 N–H and O–H groups in total. The molecule has 0 saturated carbocycles. The minimum Gasteiger partial charge on any atom is -0.492 e. The molecule has 0 radical (unpaired) electrons. The summed E-state index contributed by atoms with van der Waals surface area (Å²) in [5.41, 5.74) is 5.63. The Labute approximate surface area is 339 Å². The molecule has 1 aliphatic rings. The number of rotatable bonds is 17. The predicted molar refractivity (Wildman–Crippen MR) is 230 cm³/mol. The first kappa shape index (κ1) is 38.6. The van der Waals surface area contributed by atoms with Crippen LogP contribution in [0, 0.1) is 0 Å². The van der Waals surface area contributed by atoms with Crippen molar-refractivity contribution in [3.8, 4) is 21.9 Å². The first-order chi connectivity index (χ1) is 28.1. The molecule has 57 heavy (non-hydrogen) atoms. The zero-order chi connectivity index (χ0) is 38.9. The predicted octanol–water partition coefficient (Wildman–Crippen LogP) is 10.7. The monoisotopic (exact) mass is 775 g/mol. The molecule has 0 amide bonds. The van der Waals surface area contributed by atoms with E-state index >= 15 is 0 Å². The van der Waals surface area contributed by atoms with Gasteiger partial charge in [-0.2, -0.15) is 0 Å². The Hall–Kier alpha value is -5.28. The van der Waals surface area contributed by atoms with E-state index < -0.39 is 11.7 Å². The minimum absolute atomic E-state index is 0.309. The second-order valence-corrected chi connectivity index (χ2v) is 15.5. The Morgan fingerprint density at radius 2 is 1.30 bits per heavy atom. The van der Waals surface area contributed by atoms with Crippen LogP contribution in [0.25, 0.3) is 20.5 Å². The number of methoxy groups -OCH3 is 1. The molecule has 7 aromatic rings. The molecule has 0 spiro atoms. The van der Waals surface area contributed by atoms with E-state index in [4.69, 9.17) is 18.9 Å². The maximum Gasteiger partial charge on any atom is 0.184 e. The van der Waals surface area contributed by atoms with Crippen molar-refractivity contribution in [2.75, 3.05) is 46.6 Å². The molecule has 290 valence electrons. The van der Waals surface area contributed by atoms with E-state index in [1.54, 1.807) is 18.4 Å². The molecule has 1 aromatic heterocycles. The van der Waals surface area contributed by atoms with E-state index in [0.717, 1.165) is 79.3 Å². The Balaban J connectivity index is 1.18. The van der Waals surface area contributed by atoms with Crippen molar-refractivity contribution >= 4 is 21.4 Å². The van der Waals surface area contributed by atoms with Gasteiger partial charge in [0, 0.05) is 51.0 Å².